The smallest absolute Gasteiger partial charge is 0.348 e. The van der Waals surface area contributed by atoms with Crippen molar-refractivity contribution in [2.24, 2.45) is 12.8 Å². The third kappa shape index (κ3) is 3.03. The molecule has 1 aliphatic rings. The van der Waals surface area contributed by atoms with Crippen LogP contribution in [0.15, 0.2) is 53.6 Å². The molecule has 2 atom stereocenters. The molecule has 1 fully saturated rings. The molecular weight excluding hydrogens is 426 g/mol. The van der Waals surface area contributed by atoms with Crippen LogP contribution >= 0.6 is 0 Å². The summed E-state index contributed by atoms with van der Waals surface area (Å²) in [5, 5.41) is 8.03. The van der Waals surface area contributed by atoms with Crippen LogP contribution in [0.4, 0.5) is 8.78 Å². The van der Waals surface area contributed by atoms with E-state index in [9.17, 15) is 13.6 Å². The van der Waals surface area contributed by atoms with Gasteiger partial charge >= 0.3 is 5.69 Å². The third-order valence-electron chi connectivity index (χ3n) is 6.72. The van der Waals surface area contributed by atoms with Gasteiger partial charge < -0.3 is 14.9 Å². The van der Waals surface area contributed by atoms with Crippen molar-refractivity contribution in [3.8, 4) is 17.1 Å². The second-order valence-electron chi connectivity index (χ2n) is 8.81. The highest BCUT2D eigenvalue weighted by molar-refractivity contribution is 5.96. The molecule has 2 aromatic carbocycles. The molecule has 9 heteroatoms. The maximum Gasteiger partial charge on any atom is 0.348 e. The summed E-state index contributed by atoms with van der Waals surface area (Å²) in [6, 6.07) is 9.38. The SMILES string of the molecule is Cn1cc(-c2n[nH]c(=O)n2-c2cn([C@H]3CC[C@H](N)C3)c3ccc(F)cc23)c2cc(F)ccc21. The fourth-order valence-corrected chi connectivity index (χ4v) is 5.18. The summed E-state index contributed by atoms with van der Waals surface area (Å²) < 4.78 is 33.8. The molecular formula is C24H22F2N6O. The Balaban J connectivity index is 1.62. The van der Waals surface area contributed by atoms with Gasteiger partial charge in [0, 0.05) is 53.4 Å². The molecule has 33 heavy (non-hydrogen) atoms. The molecule has 5 aromatic rings. The lowest BCUT2D eigenvalue weighted by molar-refractivity contribution is 0.525. The van der Waals surface area contributed by atoms with Crippen LogP contribution < -0.4 is 11.4 Å². The Bertz CT molecular complexity index is 1590. The number of H-pyrrole nitrogens is 1. The number of halogens is 2. The highest BCUT2D eigenvalue weighted by Crippen LogP contribution is 2.37. The first-order valence-corrected chi connectivity index (χ1v) is 10.9. The van der Waals surface area contributed by atoms with E-state index in [2.05, 4.69) is 14.8 Å². The maximum atomic E-state index is 14.3. The number of aromatic amines is 1. The normalized spacial score (nSPS) is 18.7. The number of rotatable bonds is 3. The third-order valence-corrected chi connectivity index (χ3v) is 6.72. The van der Waals surface area contributed by atoms with E-state index >= 15 is 0 Å². The van der Waals surface area contributed by atoms with Gasteiger partial charge in [0.2, 0.25) is 0 Å². The highest BCUT2D eigenvalue weighted by Gasteiger charge is 2.27. The van der Waals surface area contributed by atoms with E-state index in [0.717, 1.165) is 30.3 Å². The number of nitrogens with zero attached hydrogens (tertiary/aromatic N) is 4. The Kier molecular flexibility index (Phi) is 4.31. The first-order chi connectivity index (χ1) is 15.9. The van der Waals surface area contributed by atoms with Gasteiger partial charge in [-0.1, -0.05) is 0 Å². The summed E-state index contributed by atoms with van der Waals surface area (Å²) in [5.41, 5.74) is 8.45. The Morgan fingerprint density at radius 2 is 1.76 bits per heavy atom. The van der Waals surface area contributed by atoms with Gasteiger partial charge in [-0.05, 0) is 55.7 Å². The predicted octanol–water partition coefficient (Wildman–Crippen LogP) is 4.00. The Labute approximate surface area is 187 Å². The van der Waals surface area contributed by atoms with E-state index in [1.807, 2.05) is 24.0 Å². The van der Waals surface area contributed by atoms with Crippen LogP contribution in [-0.4, -0.2) is 29.9 Å². The van der Waals surface area contributed by atoms with Crippen LogP contribution in [0.2, 0.25) is 0 Å². The molecule has 3 aromatic heterocycles. The summed E-state index contributed by atoms with van der Waals surface area (Å²) in [6.07, 6.45) is 6.33. The van der Waals surface area contributed by atoms with Gasteiger partial charge in [-0.25, -0.2) is 23.2 Å². The van der Waals surface area contributed by atoms with Crippen molar-refractivity contribution in [2.75, 3.05) is 0 Å². The van der Waals surface area contributed by atoms with Crippen LogP contribution in [0.5, 0.6) is 0 Å². The molecule has 1 saturated carbocycles. The minimum atomic E-state index is -0.454. The summed E-state index contributed by atoms with van der Waals surface area (Å²) in [7, 11) is 1.85. The summed E-state index contributed by atoms with van der Waals surface area (Å²) >= 11 is 0. The van der Waals surface area contributed by atoms with Crippen LogP contribution in [0.1, 0.15) is 25.3 Å². The van der Waals surface area contributed by atoms with Crippen molar-refractivity contribution < 1.29 is 8.78 Å². The fourth-order valence-electron chi connectivity index (χ4n) is 5.18. The lowest BCUT2D eigenvalue weighted by Crippen LogP contribution is -2.16. The Hall–Kier alpha value is -3.72. The van der Waals surface area contributed by atoms with Gasteiger partial charge in [-0.2, -0.15) is 5.10 Å². The minimum absolute atomic E-state index is 0.120. The van der Waals surface area contributed by atoms with Crippen molar-refractivity contribution in [1.29, 1.82) is 0 Å². The lowest BCUT2D eigenvalue weighted by Gasteiger charge is -2.13. The largest absolute Gasteiger partial charge is 0.350 e. The predicted molar refractivity (Wildman–Crippen MR) is 122 cm³/mol. The molecule has 3 N–H and O–H groups in total. The van der Waals surface area contributed by atoms with Gasteiger partial charge in [0.05, 0.1) is 11.2 Å². The average Bonchev–Trinajstić information content (AvgIpc) is 3.53. The van der Waals surface area contributed by atoms with Gasteiger partial charge in [-0.15, -0.1) is 0 Å². The second kappa shape index (κ2) is 7.14. The van der Waals surface area contributed by atoms with E-state index in [-0.39, 0.29) is 17.9 Å². The summed E-state index contributed by atoms with van der Waals surface area (Å²) in [5.74, 6) is -0.437. The van der Waals surface area contributed by atoms with E-state index in [1.54, 1.807) is 12.1 Å². The first-order valence-electron chi connectivity index (χ1n) is 10.9. The minimum Gasteiger partial charge on any atom is -0.350 e. The zero-order valence-electron chi connectivity index (χ0n) is 17.9. The number of hydrogen-bond acceptors (Lipinski definition) is 3. The molecule has 0 spiro atoms. The molecule has 7 nitrogen and oxygen atoms in total. The maximum absolute atomic E-state index is 14.3. The molecule has 6 rings (SSSR count). The topological polar surface area (TPSA) is 86.6 Å². The van der Waals surface area contributed by atoms with Crippen LogP contribution in [0, 0.1) is 11.6 Å². The number of nitrogens with two attached hydrogens (primary N) is 1. The van der Waals surface area contributed by atoms with E-state index in [1.165, 1.54) is 28.8 Å². The van der Waals surface area contributed by atoms with Crippen LogP contribution in [-0.2, 0) is 7.05 Å². The fraction of sp³-hybridized carbons (Fsp3) is 0.250. The van der Waals surface area contributed by atoms with Gasteiger partial charge in [0.25, 0.3) is 0 Å². The second-order valence-corrected chi connectivity index (χ2v) is 8.81. The van der Waals surface area contributed by atoms with E-state index in [0.29, 0.717) is 27.8 Å². The first kappa shape index (κ1) is 19.9. The van der Waals surface area contributed by atoms with Crippen molar-refractivity contribution in [1.82, 2.24) is 23.9 Å². The number of hydrogen-bond donors (Lipinski definition) is 2. The molecule has 168 valence electrons. The number of nitrogens with one attached hydrogen (secondary N) is 1. The standard InChI is InChI=1S/C24H22F2N6O/c1-30-11-19(17-8-13(25)2-6-20(17)30)23-28-29-24(33)32(23)22-12-31(16-5-4-15(27)10-16)21-7-3-14(26)9-18(21)22/h2-3,6-9,11-12,15-16H,4-5,10,27H2,1H3,(H,29,33)/t15-,16-/m0/s1. The van der Waals surface area contributed by atoms with E-state index < -0.39 is 11.5 Å². The Morgan fingerprint density at radius 3 is 2.48 bits per heavy atom. The van der Waals surface area contributed by atoms with Crippen LogP contribution in [0.25, 0.3) is 38.9 Å². The zero-order valence-corrected chi connectivity index (χ0v) is 17.9. The molecule has 0 unspecified atom stereocenters. The zero-order chi connectivity index (χ0) is 22.9. The van der Waals surface area contributed by atoms with Crippen molar-refractivity contribution in [3.05, 3.63) is 70.9 Å². The van der Waals surface area contributed by atoms with Crippen LogP contribution in [0.3, 0.4) is 0 Å². The molecule has 0 amide bonds. The lowest BCUT2D eigenvalue weighted by atomic mass is 10.1. The summed E-state index contributed by atoms with van der Waals surface area (Å²) in [6.45, 7) is 0. The van der Waals surface area contributed by atoms with Crippen molar-refractivity contribution in [3.63, 3.8) is 0 Å². The van der Waals surface area contributed by atoms with Crippen molar-refractivity contribution in [2.45, 2.75) is 31.3 Å². The van der Waals surface area contributed by atoms with Gasteiger partial charge in [0.15, 0.2) is 5.82 Å². The number of aromatic nitrogens is 5. The number of benzene rings is 2. The number of fused-ring (bicyclic) bond motifs is 2. The molecule has 0 aliphatic heterocycles. The average molecular weight is 448 g/mol. The van der Waals surface area contributed by atoms with Gasteiger partial charge in [-0.3, -0.25) is 0 Å². The molecule has 0 bridgehead atoms. The monoisotopic (exact) mass is 448 g/mol. The molecule has 3 heterocycles. The van der Waals surface area contributed by atoms with Crippen molar-refractivity contribution >= 4 is 21.8 Å². The number of aryl methyl sites for hydroxylation is 1. The van der Waals surface area contributed by atoms with Gasteiger partial charge in [0.1, 0.15) is 11.6 Å². The molecule has 0 radical (unpaired) electrons. The molecule has 1 aliphatic carbocycles. The Morgan fingerprint density at radius 1 is 1.03 bits per heavy atom. The van der Waals surface area contributed by atoms with E-state index in [4.69, 9.17) is 5.73 Å². The summed E-state index contributed by atoms with van der Waals surface area (Å²) in [4.78, 5) is 13.0. The molecule has 0 saturated heterocycles. The quantitative estimate of drug-likeness (QED) is 0.437. The highest BCUT2D eigenvalue weighted by atomic mass is 19.1.